The van der Waals surface area contributed by atoms with Crippen LogP contribution in [0, 0.1) is 0 Å². The van der Waals surface area contributed by atoms with E-state index in [-0.39, 0.29) is 5.97 Å². The summed E-state index contributed by atoms with van der Waals surface area (Å²) < 4.78 is 4.65. The molecule has 0 aliphatic carbocycles. The van der Waals surface area contributed by atoms with Crippen LogP contribution in [0.1, 0.15) is 22.5 Å². The Hall–Kier alpha value is -1.46. The van der Waals surface area contributed by atoms with Gasteiger partial charge in [0.05, 0.1) is 18.4 Å². The van der Waals surface area contributed by atoms with Crippen LogP contribution in [0.4, 0.5) is 0 Å². The molecule has 1 saturated heterocycles. The van der Waals surface area contributed by atoms with Crippen LogP contribution >= 0.6 is 0 Å². The zero-order chi connectivity index (χ0) is 12.8. The Bertz CT molecular complexity index is 384. The van der Waals surface area contributed by atoms with Gasteiger partial charge >= 0.3 is 5.97 Å². The molecule has 98 valence electrons. The van der Waals surface area contributed by atoms with Gasteiger partial charge in [0, 0.05) is 25.8 Å². The van der Waals surface area contributed by atoms with Crippen LogP contribution < -0.4 is 5.32 Å². The molecular weight excluding hydrogens is 230 g/mol. The molecule has 0 atom stereocenters. The van der Waals surface area contributed by atoms with Gasteiger partial charge in [-0.05, 0) is 31.6 Å². The molecule has 0 spiro atoms. The Labute approximate surface area is 107 Å². The van der Waals surface area contributed by atoms with Crippen molar-refractivity contribution in [3.8, 4) is 0 Å². The minimum absolute atomic E-state index is 0.340. The number of pyridine rings is 1. The molecule has 0 aromatic carbocycles. The van der Waals surface area contributed by atoms with Gasteiger partial charge in [-0.1, -0.05) is 0 Å². The third kappa shape index (κ3) is 3.51. The molecule has 5 nitrogen and oxygen atoms in total. The Kier molecular flexibility index (Phi) is 4.66. The highest BCUT2D eigenvalue weighted by Gasteiger charge is 2.10. The molecule has 1 aromatic heterocycles. The maximum Gasteiger partial charge on any atom is 0.339 e. The van der Waals surface area contributed by atoms with Gasteiger partial charge in [-0.15, -0.1) is 0 Å². The molecule has 18 heavy (non-hydrogen) atoms. The van der Waals surface area contributed by atoms with E-state index in [1.54, 1.807) is 12.3 Å². The number of rotatable bonds is 3. The van der Waals surface area contributed by atoms with Crippen molar-refractivity contribution in [3.63, 3.8) is 0 Å². The average Bonchev–Trinajstić information content (AvgIpc) is 2.67. The molecule has 5 heteroatoms. The molecule has 1 aliphatic heterocycles. The van der Waals surface area contributed by atoms with E-state index in [4.69, 9.17) is 0 Å². The Morgan fingerprint density at radius 1 is 1.44 bits per heavy atom. The summed E-state index contributed by atoms with van der Waals surface area (Å²) in [6, 6.07) is 3.66. The monoisotopic (exact) mass is 249 g/mol. The summed E-state index contributed by atoms with van der Waals surface area (Å²) in [5.74, 6) is -0.340. The van der Waals surface area contributed by atoms with Gasteiger partial charge in [-0.2, -0.15) is 0 Å². The zero-order valence-corrected chi connectivity index (χ0v) is 10.7. The summed E-state index contributed by atoms with van der Waals surface area (Å²) in [5, 5.41) is 3.37. The second kappa shape index (κ2) is 6.47. The number of nitrogens with one attached hydrogen (secondary N) is 1. The third-order valence-electron chi connectivity index (χ3n) is 3.06. The minimum Gasteiger partial charge on any atom is -0.465 e. The third-order valence-corrected chi connectivity index (χ3v) is 3.06. The first kappa shape index (κ1) is 13.0. The van der Waals surface area contributed by atoms with Crippen molar-refractivity contribution in [3.05, 3.63) is 29.6 Å². The van der Waals surface area contributed by atoms with Crippen LogP contribution in [0.25, 0.3) is 0 Å². The molecule has 2 rings (SSSR count). The fourth-order valence-electron chi connectivity index (χ4n) is 2.05. The van der Waals surface area contributed by atoms with E-state index < -0.39 is 0 Å². The number of aromatic nitrogens is 1. The number of carbonyl (C=O) groups is 1. The smallest absolute Gasteiger partial charge is 0.339 e. The van der Waals surface area contributed by atoms with Crippen LogP contribution in [0.5, 0.6) is 0 Å². The normalized spacial score (nSPS) is 17.2. The number of methoxy groups -OCH3 is 1. The minimum atomic E-state index is -0.340. The highest BCUT2D eigenvalue weighted by molar-refractivity contribution is 5.88. The van der Waals surface area contributed by atoms with Crippen LogP contribution in [0.15, 0.2) is 18.3 Å². The quantitative estimate of drug-likeness (QED) is 0.798. The fraction of sp³-hybridized carbons (Fsp3) is 0.538. The van der Waals surface area contributed by atoms with E-state index in [1.807, 2.05) is 6.07 Å². The van der Waals surface area contributed by atoms with Crippen LogP contribution in [0.2, 0.25) is 0 Å². The number of esters is 1. The summed E-state index contributed by atoms with van der Waals surface area (Å²) in [5.41, 5.74) is 1.49. The second-order valence-electron chi connectivity index (χ2n) is 4.41. The number of carbonyl (C=O) groups excluding carboxylic acids is 1. The van der Waals surface area contributed by atoms with Crippen molar-refractivity contribution in [2.75, 3.05) is 33.3 Å². The molecule has 0 unspecified atom stereocenters. The van der Waals surface area contributed by atoms with Gasteiger partial charge in [0.2, 0.25) is 0 Å². The predicted octanol–water partition coefficient (Wildman–Crippen LogP) is 0.663. The summed E-state index contributed by atoms with van der Waals surface area (Å²) >= 11 is 0. The van der Waals surface area contributed by atoms with Crippen molar-refractivity contribution in [1.82, 2.24) is 15.2 Å². The number of hydrogen-bond donors (Lipinski definition) is 1. The van der Waals surface area contributed by atoms with Crippen molar-refractivity contribution in [2.45, 2.75) is 13.0 Å². The van der Waals surface area contributed by atoms with Gasteiger partial charge < -0.3 is 10.1 Å². The number of nitrogens with zero attached hydrogens (tertiary/aromatic N) is 2. The largest absolute Gasteiger partial charge is 0.465 e. The zero-order valence-electron chi connectivity index (χ0n) is 10.7. The molecule has 1 aliphatic rings. The van der Waals surface area contributed by atoms with Crippen molar-refractivity contribution >= 4 is 5.97 Å². The highest BCUT2D eigenvalue weighted by Crippen LogP contribution is 2.06. The van der Waals surface area contributed by atoms with Gasteiger partial charge in [-0.25, -0.2) is 4.79 Å². The lowest BCUT2D eigenvalue weighted by atomic mass is 10.2. The topological polar surface area (TPSA) is 54.5 Å². The molecule has 1 fully saturated rings. The summed E-state index contributed by atoms with van der Waals surface area (Å²) in [4.78, 5) is 18.0. The van der Waals surface area contributed by atoms with Crippen molar-refractivity contribution < 1.29 is 9.53 Å². The molecule has 0 radical (unpaired) electrons. The lowest BCUT2D eigenvalue weighted by molar-refractivity contribution is 0.0600. The maximum atomic E-state index is 11.3. The lowest BCUT2D eigenvalue weighted by Crippen LogP contribution is -2.28. The van der Waals surface area contributed by atoms with E-state index in [0.717, 1.165) is 38.4 Å². The first-order chi connectivity index (χ1) is 8.79. The Balaban J connectivity index is 1.94. The SMILES string of the molecule is COC(=O)c1ccc(CN2CCCNCC2)nc1. The number of hydrogen-bond acceptors (Lipinski definition) is 5. The second-order valence-corrected chi connectivity index (χ2v) is 4.41. The molecule has 2 heterocycles. The summed E-state index contributed by atoms with van der Waals surface area (Å²) in [7, 11) is 1.38. The van der Waals surface area contributed by atoms with Crippen LogP contribution in [-0.4, -0.2) is 49.1 Å². The Morgan fingerprint density at radius 2 is 2.33 bits per heavy atom. The first-order valence-corrected chi connectivity index (χ1v) is 6.26. The van der Waals surface area contributed by atoms with E-state index in [0.29, 0.717) is 5.56 Å². The average molecular weight is 249 g/mol. The predicted molar refractivity (Wildman–Crippen MR) is 68.3 cm³/mol. The van der Waals surface area contributed by atoms with Crippen molar-refractivity contribution in [2.24, 2.45) is 0 Å². The standard InChI is InChI=1S/C13H19N3O2/c1-18-13(17)11-3-4-12(15-9-11)10-16-7-2-5-14-6-8-16/h3-4,9,14H,2,5-8,10H2,1H3. The maximum absolute atomic E-state index is 11.3. The van der Waals surface area contributed by atoms with E-state index in [2.05, 4.69) is 19.9 Å². The lowest BCUT2D eigenvalue weighted by Gasteiger charge is -2.18. The number of ether oxygens (including phenoxy) is 1. The van der Waals surface area contributed by atoms with Gasteiger partial charge in [-0.3, -0.25) is 9.88 Å². The van der Waals surface area contributed by atoms with E-state index in [9.17, 15) is 4.79 Å². The van der Waals surface area contributed by atoms with Crippen LogP contribution in [0.3, 0.4) is 0 Å². The molecule has 0 amide bonds. The van der Waals surface area contributed by atoms with Gasteiger partial charge in [0.25, 0.3) is 0 Å². The van der Waals surface area contributed by atoms with E-state index >= 15 is 0 Å². The molecule has 1 N–H and O–H groups in total. The molecule has 1 aromatic rings. The molecule has 0 bridgehead atoms. The van der Waals surface area contributed by atoms with E-state index in [1.165, 1.54) is 13.5 Å². The van der Waals surface area contributed by atoms with Gasteiger partial charge in [0.1, 0.15) is 0 Å². The molecular formula is C13H19N3O2. The Morgan fingerprint density at radius 3 is 3.06 bits per heavy atom. The van der Waals surface area contributed by atoms with Crippen molar-refractivity contribution in [1.29, 1.82) is 0 Å². The summed E-state index contributed by atoms with van der Waals surface area (Å²) in [6.45, 7) is 5.09. The summed E-state index contributed by atoms with van der Waals surface area (Å²) in [6.07, 6.45) is 2.75. The highest BCUT2D eigenvalue weighted by atomic mass is 16.5. The fourth-order valence-corrected chi connectivity index (χ4v) is 2.05. The van der Waals surface area contributed by atoms with Crippen LogP contribution in [-0.2, 0) is 11.3 Å². The first-order valence-electron chi connectivity index (χ1n) is 6.26. The van der Waals surface area contributed by atoms with Gasteiger partial charge in [0.15, 0.2) is 0 Å². The molecule has 0 saturated carbocycles.